The number of benzene rings is 1. The van der Waals surface area contributed by atoms with Crippen LogP contribution in [0.4, 0.5) is 0 Å². The molecule has 1 aliphatic carbocycles. The molecule has 158 valence electrons. The summed E-state index contributed by atoms with van der Waals surface area (Å²) >= 11 is 0. The van der Waals surface area contributed by atoms with Gasteiger partial charge in [-0.2, -0.15) is 4.98 Å². The standard InChI is InChI=1S/C22H26N4O4/c1-14-24-20(30-25-14)13-26(12-15-6-4-3-5-7-15)22(28)21(27)18-11-23-19-10-16(29-2)8-9-17(18)19/h8-11,15,23H,3-7,12-13H2,1-2H3. The van der Waals surface area contributed by atoms with E-state index in [1.54, 1.807) is 43.3 Å². The van der Waals surface area contributed by atoms with Crippen LogP contribution in [-0.2, 0) is 11.3 Å². The van der Waals surface area contributed by atoms with Crippen molar-refractivity contribution in [3.8, 4) is 5.75 Å². The molecule has 0 radical (unpaired) electrons. The summed E-state index contributed by atoms with van der Waals surface area (Å²) in [5.41, 5.74) is 1.10. The lowest BCUT2D eigenvalue weighted by molar-refractivity contribution is -0.128. The number of Topliss-reactive ketones (excluding diaryl/α,β-unsaturated/α-hetero) is 1. The highest BCUT2D eigenvalue weighted by Crippen LogP contribution is 2.27. The summed E-state index contributed by atoms with van der Waals surface area (Å²) in [6, 6.07) is 5.37. The van der Waals surface area contributed by atoms with E-state index >= 15 is 0 Å². The van der Waals surface area contributed by atoms with Gasteiger partial charge in [-0.15, -0.1) is 0 Å². The van der Waals surface area contributed by atoms with Crippen LogP contribution in [0, 0.1) is 12.8 Å². The number of ketones is 1. The molecule has 30 heavy (non-hydrogen) atoms. The minimum atomic E-state index is -0.548. The number of fused-ring (bicyclic) bond motifs is 1. The van der Waals surface area contributed by atoms with Gasteiger partial charge in [-0.1, -0.05) is 24.4 Å². The Balaban J connectivity index is 1.58. The molecule has 1 N–H and O–H groups in total. The van der Waals surface area contributed by atoms with Gasteiger partial charge in [0, 0.05) is 29.7 Å². The fourth-order valence-corrected chi connectivity index (χ4v) is 4.15. The van der Waals surface area contributed by atoms with Crippen molar-refractivity contribution in [3.63, 3.8) is 0 Å². The summed E-state index contributed by atoms with van der Waals surface area (Å²) in [6.45, 7) is 2.38. The SMILES string of the molecule is COc1ccc2c(C(=O)C(=O)N(Cc3nc(C)no3)CC3CCCCC3)c[nH]c2c1. The Hall–Kier alpha value is -3.16. The van der Waals surface area contributed by atoms with Gasteiger partial charge in [-0.25, -0.2) is 0 Å². The normalized spacial score (nSPS) is 14.7. The van der Waals surface area contributed by atoms with Gasteiger partial charge in [0.15, 0.2) is 5.82 Å². The monoisotopic (exact) mass is 410 g/mol. The Morgan fingerprint density at radius 3 is 2.77 bits per heavy atom. The summed E-state index contributed by atoms with van der Waals surface area (Å²) in [7, 11) is 1.59. The topological polar surface area (TPSA) is 101 Å². The molecule has 1 aliphatic rings. The first-order valence-corrected chi connectivity index (χ1v) is 10.3. The van der Waals surface area contributed by atoms with Crippen molar-refractivity contribution in [2.45, 2.75) is 45.6 Å². The van der Waals surface area contributed by atoms with E-state index in [9.17, 15) is 9.59 Å². The number of nitrogens with one attached hydrogen (secondary N) is 1. The van der Waals surface area contributed by atoms with Crippen molar-refractivity contribution in [1.82, 2.24) is 20.0 Å². The largest absolute Gasteiger partial charge is 0.497 e. The van der Waals surface area contributed by atoms with Crippen LogP contribution in [-0.4, -0.2) is 45.4 Å². The average Bonchev–Trinajstić information content (AvgIpc) is 3.38. The number of aromatic amines is 1. The minimum Gasteiger partial charge on any atom is -0.497 e. The number of methoxy groups -OCH3 is 1. The van der Waals surface area contributed by atoms with E-state index in [2.05, 4.69) is 15.1 Å². The Morgan fingerprint density at radius 2 is 2.07 bits per heavy atom. The number of amides is 1. The molecule has 0 unspecified atom stereocenters. The Bertz CT molecular complexity index is 1050. The summed E-state index contributed by atoms with van der Waals surface area (Å²) in [4.78, 5) is 35.2. The second-order valence-electron chi connectivity index (χ2n) is 7.87. The lowest BCUT2D eigenvalue weighted by Gasteiger charge is -2.28. The molecule has 1 aromatic carbocycles. The molecule has 0 aliphatic heterocycles. The van der Waals surface area contributed by atoms with Crippen LogP contribution in [0.25, 0.3) is 10.9 Å². The average molecular weight is 410 g/mol. The number of nitrogens with zero attached hydrogens (tertiary/aromatic N) is 3. The molecule has 0 spiro atoms. The van der Waals surface area contributed by atoms with E-state index in [1.807, 2.05) is 0 Å². The van der Waals surface area contributed by atoms with E-state index in [4.69, 9.17) is 9.26 Å². The van der Waals surface area contributed by atoms with Gasteiger partial charge in [0.05, 0.1) is 12.7 Å². The summed E-state index contributed by atoms with van der Waals surface area (Å²) in [6.07, 6.45) is 7.25. The third-order valence-electron chi connectivity index (χ3n) is 5.71. The predicted molar refractivity (Wildman–Crippen MR) is 110 cm³/mol. The van der Waals surface area contributed by atoms with Gasteiger partial charge in [0.1, 0.15) is 12.3 Å². The van der Waals surface area contributed by atoms with Crippen molar-refractivity contribution >= 4 is 22.6 Å². The lowest BCUT2D eigenvalue weighted by atomic mass is 9.89. The maximum absolute atomic E-state index is 13.2. The molecule has 0 saturated heterocycles. The number of aromatic nitrogens is 3. The van der Waals surface area contributed by atoms with Crippen LogP contribution >= 0.6 is 0 Å². The van der Waals surface area contributed by atoms with Crippen LogP contribution in [0.1, 0.15) is 54.2 Å². The quantitative estimate of drug-likeness (QED) is 0.471. The first-order chi connectivity index (χ1) is 14.5. The summed E-state index contributed by atoms with van der Waals surface area (Å²) < 4.78 is 10.4. The third-order valence-corrected chi connectivity index (χ3v) is 5.71. The third kappa shape index (κ3) is 4.22. The molecule has 2 heterocycles. The number of hydrogen-bond donors (Lipinski definition) is 1. The van der Waals surface area contributed by atoms with E-state index in [-0.39, 0.29) is 6.54 Å². The van der Waals surface area contributed by atoms with E-state index < -0.39 is 11.7 Å². The second-order valence-corrected chi connectivity index (χ2v) is 7.87. The fraction of sp³-hybridized carbons (Fsp3) is 0.455. The van der Waals surface area contributed by atoms with Crippen LogP contribution in [0.15, 0.2) is 28.9 Å². The van der Waals surface area contributed by atoms with E-state index in [0.29, 0.717) is 40.9 Å². The summed E-state index contributed by atoms with van der Waals surface area (Å²) in [5.74, 6) is 0.818. The van der Waals surface area contributed by atoms with Crippen molar-refractivity contribution < 1.29 is 18.8 Å². The zero-order valence-electron chi connectivity index (χ0n) is 17.3. The number of rotatable bonds is 7. The van der Waals surface area contributed by atoms with Crippen molar-refractivity contribution in [2.24, 2.45) is 5.92 Å². The van der Waals surface area contributed by atoms with Gasteiger partial charge in [0.2, 0.25) is 5.89 Å². The van der Waals surface area contributed by atoms with Crippen LogP contribution < -0.4 is 4.74 Å². The smallest absolute Gasteiger partial charge is 0.295 e. The second kappa shape index (κ2) is 8.69. The van der Waals surface area contributed by atoms with Gasteiger partial charge in [0.25, 0.3) is 11.7 Å². The maximum Gasteiger partial charge on any atom is 0.295 e. The highest BCUT2D eigenvalue weighted by molar-refractivity contribution is 6.44. The minimum absolute atomic E-state index is 0.137. The van der Waals surface area contributed by atoms with Crippen LogP contribution in [0.5, 0.6) is 5.75 Å². The van der Waals surface area contributed by atoms with Gasteiger partial charge in [-0.3, -0.25) is 9.59 Å². The lowest BCUT2D eigenvalue weighted by Crippen LogP contribution is -2.40. The fourth-order valence-electron chi connectivity index (χ4n) is 4.15. The molecule has 0 bridgehead atoms. The first-order valence-electron chi connectivity index (χ1n) is 10.3. The molecule has 1 amide bonds. The molecule has 2 aromatic heterocycles. The number of carbonyl (C=O) groups excluding carboxylic acids is 2. The van der Waals surface area contributed by atoms with Crippen molar-refractivity contribution in [2.75, 3.05) is 13.7 Å². The van der Waals surface area contributed by atoms with Crippen LogP contribution in [0.2, 0.25) is 0 Å². The Kier molecular flexibility index (Phi) is 5.83. The predicted octanol–water partition coefficient (Wildman–Crippen LogP) is 3.66. The number of ether oxygens (including phenoxy) is 1. The molecular weight excluding hydrogens is 384 g/mol. The number of H-pyrrole nitrogens is 1. The Labute approximate surface area is 174 Å². The zero-order valence-corrected chi connectivity index (χ0v) is 17.3. The molecule has 3 aromatic rings. The number of carbonyl (C=O) groups is 2. The molecule has 4 rings (SSSR count). The Morgan fingerprint density at radius 1 is 1.27 bits per heavy atom. The highest BCUT2D eigenvalue weighted by Gasteiger charge is 2.29. The number of hydrogen-bond acceptors (Lipinski definition) is 6. The van der Waals surface area contributed by atoms with Gasteiger partial charge in [-0.05, 0) is 37.8 Å². The van der Waals surface area contributed by atoms with Gasteiger partial charge >= 0.3 is 0 Å². The summed E-state index contributed by atoms with van der Waals surface area (Å²) in [5, 5.41) is 4.50. The molecular formula is C22H26N4O4. The molecule has 1 fully saturated rings. The molecule has 8 nitrogen and oxygen atoms in total. The van der Waals surface area contributed by atoms with Crippen molar-refractivity contribution in [1.29, 1.82) is 0 Å². The maximum atomic E-state index is 13.2. The zero-order chi connectivity index (χ0) is 21.1. The van der Waals surface area contributed by atoms with Crippen molar-refractivity contribution in [3.05, 3.63) is 41.7 Å². The highest BCUT2D eigenvalue weighted by atomic mass is 16.5. The first kappa shape index (κ1) is 20.1. The van der Waals surface area contributed by atoms with E-state index in [0.717, 1.165) is 31.2 Å². The molecule has 8 heteroatoms. The molecule has 1 saturated carbocycles. The van der Waals surface area contributed by atoms with Crippen LogP contribution in [0.3, 0.4) is 0 Å². The van der Waals surface area contributed by atoms with E-state index in [1.165, 1.54) is 6.42 Å². The molecule has 0 atom stereocenters. The van der Waals surface area contributed by atoms with Gasteiger partial charge < -0.3 is 19.1 Å². The number of aryl methyl sites for hydroxylation is 1.